The van der Waals surface area contributed by atoms with Crippen molar-refractivity contribution in [2.45, 2.75) is 13.2 Å². The highest BCUT2D eigenvalue weighted by Gasteiger charge is 2.18. The second-order valence-electron chi connectivity index (χ2n) is 4.59. The van der Waals surface area contributed by atoms with Crippen molar-refractivity contribution < 1.29 is 19.3 Å². The van der Waals surface area contributed by atoms with Crippen LogP contribution in [0.4, 0.5) is 0 Å². The highest BCUT2D eigenvalue weighted by molar-refractivity contribution is 7.15. The van der Waals surface area contributed by atoms with Gasteiger partial charge in [-0.05, 0) is 6.07 Å². The van der Waals surface area contributed by atoms with Gasteiger partial charge in [-0.25, -0.2) is 4.98 Å². The molecular weight excluding hydrogens is 292 g/mol. The number of ether oxygens (including phenoxy) is 3. The molecule has 3 heterocycles. The average Bonchev–Trinajstić information content (AvgIpc) is 3.18. The lowest BCUT2D eigenvalue weighted by Gasteiger charge is -2.10. The lowest BCUT2D eigenvalue weighted by molar-refractivity contribution is 0.173. The third-order valence-electron chi connectivity index (χ3n) is 3.24. The molecule has 1 aromatic carbocycles. The van der Waals surface area contributed by atoms with E-state index in [0.29, 0.717) is 29.4 Å². The molecule has 0 unspecified atom stereocenters. The van der Waals surface area contributed by atoms with Crippen molar-refractivity contribution in [3.8, 4) is 17.2 Å². The maximum absolute atomic E-state index is 9.43. The number of thiazole rings is 1. The second kappa shape index (κ2) is 4.94. The molecule has 0 saturated carbocycles. The first-order chi connectivity index (χ1) is 10.3. The van der Waals surface area contributed by atoms with Gasteiger partial charge >= 0.3 is 0 Å². The van der Waals surface area contributed by atoms with Gasteiger partial charge in [-0.3, -0.25) is 4.40 Å². The van der Waals surface area contributed by atoms with Crippen LogP contribution in [0.2, 0.25) is 0 Å². The lowest BCUT2D eigenvalue weighted by atomic mass is 10.2. The molecule has 1 aliphatic heterocycles. The van der Waals surface area contributed by atoms with Gasteiger partial charge in [0, 0.05) is 29.4 Å². The Morgan fingerprint density at radius 2 is 2.19 bits per heavy atom. The Labute approximate surface area is 124 Å². The van der Waals surface area contributed by atoms with Crippen LogP contribution in [0, 0.1) is 0 Å². The van der Waals surface area contributed by atoms with E-state index in [2.05, 4.69) is 4.98 Å². The van der Waals surface area contributed by atoms with Crippen molar-refractivity contribution in [3.63, 3.8) is 0 Å². The number of fused-ring (bicyclic) bond motifs is 2. The standard InChI is InChI=1S/C14H12N2O4S/c17-6-9-3-12-13(20-8-19-12)4-11(9)18-7-10-5-16-1-2-21-14(16)15-10/h1-5,17H,6-8H2. The molecule has 0 fully saturated rings. The zero-order chi connectivity index (χ0) is 14.2. The third-order valence-corrected chi connectivity index (χ3v) is 4.02. The van der Waals surface area contributed by atoms with Crippen LogP contribution < -0.4 is 14.2 Å². The van der Waals surface area contributed by atoms with Crippen LogP contribution in [0.25, 0.3) is 4.96 Å². The predicted octanol–water partition coefficient (Wildman–Crippen LogP) is 2.20. The summed E-state index contributed by atoms with van der Waals surface area (Å²) in [4.78, 5) is 5.39. The molecule has 2 aromatic heterocycles. The van der Waals surface area contributed by atoms with E-state index in [0.717, 1.165) is 10.7 Å². The second-order valence-corrected chi connectivity index (χ2v) is 5.46. The third kappa shape index (κ3) is 2.20. The van der Waals surface area contributed by atoms with Gasteiger partial charge < -0.3 is 19.3 Å². The van der Waals surface area contributed by atoms with Crippen LogP contribution in [-0.4, -0.2) is 21.3 Å². The monoisotopic (exact) mass is 304 g/mol. The number of imidazole rings is 1. The van der Waals surface area contributed by atoms with Gasteiger partial charge in [-0.1, -0.05) is 0 Å². The summed E-state index contributed by atoms with van der Waals surface area (Å²) in [5, 5.41) is 11.4. The summed E-state index contributed by atoms with van der Waals surface area (Å²) in [7, 11) is 0. The molecule has 1 aliphatic rings. The Morgan fingerprint density at radius 3 is 3.00 bits per heavy atom. The van der Waals surface area contributed by atoms with Crippen molar-refractivity contribution in [2.75, 3.05) is 6.79 Å². The summed E-state index contributed by atoms with van der Waals surface area (Å²) >= 11 is 1.57. The largest absolute Gasteiger partial charge is 0.487 e. The summed E-state index contributed by atoms with van der Waals surface area (Å²) in [6.45, 7) is 0.409. The Hall–Kier alpha value is -2.25. The van der Waals surface area contributed by atoms with Gasteiger partial charge in [0.15, 0.2) is 16.5 Å². The number of aliphatic hydroxyl groups excluding tert-OH is 1. The fourth-order valence-electron chi connectivity index (χ4n) is 2.22. The highest BCUT2D eigenvalue weighted by Crippen LogP contribution is 2.38. The van der Waals surface area contributed by atoms with E-state index in [1.807, 2.05) is 22.2 Å². The van der Waals surface area contributed by atoms with Crippen molar-refractivity contribution in [1.29, 1.82) is 0 Å². The van der Waals surface area contributed by atoms with Crippen LogP contribution in [-0.2, 0) is 13.2 Å². The number of hydrogen-bond acceptors (Lipinski definition) is 6. The van der Waals surface area contributed by atoms with Gasteiger partial charge in [0.25, 0.3) is 0 Å². The van der Waals surface area contributed by atoms with Gasteiger partial charge in [-0.2, -0.15) is 0 Å². The number of aromatic nitrogens is 2. The van der Waals surface area contributed by atoms with Crippen LogP contribution >= 0.6 is 11.3 Å². The SMILES string of the molecule is OCc1cc2c(cc1OCc1cn3ccsc3n1)OCO2. The minimum atomic E-state index is -0.121. The zero-order valence-corrected chi connectivity index (χ0v) is 11.8. The molecule has 0 amide bonds. The summed E-state index contributed by atoms with van der Waals surface area (Å²) in [6, 6.07) is 3.48. The number of hydrogen-bond donors (Lipinski definition) is 1. The Bertz CT molecular complexity index is 767. The molecule has 21 heavy (non-hydrogen) atoms. The van der Waals surface area contributed by atoms with Crippen molar-refractivity contribution in [1.82, 2.24) is 9.38 Å². The van der Waals surface area contributed by atoms with Gasteiger partial charge in [0.05, 0.1) is 12.3 Å². The maximum Gasteiger partial charge on any atom is 0.231 e. The zero-order valence-electron chi connectivity index (χ0n) is 11.0. The molecule has 0 saturated heterocycles. The quantitative estimate of drug-likeness (QED) is 0.800. The van der Waals surface area contributed by atoms with Crippen molar-refractivity contribution >= 4 is 16.3 Å². The topological polar surface area (TPSA) is 65.2 Å². The van der Waals surface area contributed by atoms with Crippen molar-refractivity contribution in [3.05, 3.63) is 41.2 Å². The minimum absolute atomic E-state index is 0.121. The van der Waals surface area contributed by atoms with Gasteiger partial charge in [0.2, 0.25) is 6.79 Å². The lowest BCUT2D eigenvalue weighted by Crippen LogP contribution is -1.99. The van der Waals surface area contributed by atoms with Crippen LogP contribution in [0.3, 0.4) is 0 Å². The average molecular weight is 304 g/mol. The first-order valence-electron chi connectivity index (χ1n) is 6.41. The Morgan fingerprint density at radius 1 is 1.33 bits per heavy atom. The Balaban J connectivity index is 1.57. The van der Waals surface area contributed by atoms with Crippen LogP contribution in [0.1, 0.15) is 11.3 Å². The maximum atomic E-state index is 9.43. The number of aliphatic hydroxyl groups is 1. The van der Waals surface area contributed by atoms with Crippen molar-refractivity contribution in [2.24, 2.45) is 0 Å². The predicted molar refractivity (Wildman–Crippen MR) is 75.9 cm³/mol. The van der Waals surface area contributed by atoms with Gasteiger partial charge in [0.1, 0.15) is 12.4 Å². The summed E-state index contributed by atoms with van der Waals surface area (Å²) < 4.78 is 18.3. The molecule has 108 valence electrons. The Kier molecular flexibility index (Phi) is 2.94. The number of rotatable bonds is 4. The first-order valence-corrected chi connectivity index (χ1v) is 7.29. The molecular formula is C14H12N2O4S. The molecule has 0 bridgehead atoms. The van der Waals surface area contributed by atoms with E-state index >= 15 is 0 Å². The number of nitrogens with zero attached hydrogens (tertiary/aromatic N) is 2. The van der Waals surface area contributed by atoms with E-state index in [4.69, 9.17) is 14.2 Å². The normalized spacial score (nSPS) is 13.0. The molecule has 6 nitrogen and oxygen atoms in total. The fraction of sp³-hybridized carbons (Fsp3) is 0.214. The first kappa shape index (κ1) is 12.5. The molecule has 0 aliphatic carbocycles. The molecule has 1 N–H and O–H groups in total. The summed E-state index contributed by atoms with van der Waals surface area (Å²) in [5.74, 6) is 1.85. The van der Waals surface area contributed by atoms with Crippen LogP contribution in [0.15, 0.2) is 29.9 Å². The van der Waals surface area contributed by atoms with E-state index in [1.165, 1.54) is 0 Å². The molecule has 0 spiro atoms. The van der Waals surface area contributed by atoms with E-state index in [9.17, 15) is 5.11 Å². The summed E-state index contributed by atoms with van der Waals surface area (Å²) in [6.07, 6.45) is 3.88. The fourth-order valence-corrected chi connectivity index (χ4v) is 2.94. The van der Waals surface area contributed by atoms with E-state index in [-0.39, 0.29) is 13.4 Å². The van der Waals surface area contributed by atoms with Crippen LogP contribution in [0.5, 0.6) is 17.2 Å². The van der Waals surface area contributed by atoms with E-state index < -0.39 is 0 Å². The molecule has 4 rings (SSSR count). The molecule has 0 radical (unpaired) electrons. The smallest absolute Gasteiger partial charge is 0.231 e. The number of benzene rings is 1. The summed E-state index contributed by atoms with van der Waals surface area (Å²) in [5.41, 5.74) is 1.50. The van der Waals surface area contributed by atoms with Gasteiger partial charge in [-0.15, -0.1) is 11.3 Å². The molecule has 3 aromatic rings. The highest BCUT2D eigenvalue weighted by atomic mass is 32.1. The molecule has 7 heteroatoms. The van der Waals surface area contributed by atoms with E-state index in [1.54, 1.807) is 23.5 Å². The minimum Gasteiger partial charge on any atom is -0.487 e. The molecule has 0 atom stereocenters.